The van der Waals surface area contributed by atoms with Gasteiger partial charge in [-0.25, -0.2) is 0 Å². The van der Waals surface area contributed by atoms with E-state index in [1.54, 1.807) is 25.3 Å². The lowest BCUT2D eigenvalue weighted by molar-refractivity contribution is -0.120. The first-order chi connectivity index (χ1) is 13.4. The van der Waals surface area contributed by atoms with Gasteiger partial charge in [0.15, 0.2) is 0 Å². The Balaban J connectivity index is 2.32. The third-order valence-corrected chi connectivity index (χ3v) is 4.62. The van der Waals surface area contributed by atoms with Crippen molar-refractivity contribution in [2.75, 3.05) is 31.0 Å². The predicted octanol–water partition coefficient (Wildman–Crippen LogP) is 3.82. The number of rotatable bonds is 8. The lowest BCUT2D eigenvalue weighted by Crippen LogP contribution is -2.37. The number of hydrogen-bond acceptors (Lipinski definition) is 4. The molecule has 1 N–H and O–H groups in total. The minimum absolute atomic E-state index is 0.125. The number of hydrogen-bond donors (Lipinski definition) is 1. The summed E-state index contributed by atoms with van der Waals surface area (Å²) in [4.78, 5) is 26.5. The first kappa shape index (κ1) is 21.3. The van der Waals surface area contributed by atoms with Crippen molar-refractivity contribution in [1.82, 2.24) is 0 Å². The van der Waals surface area contributed by atoms with E-state index < -0.39 is 0 Å². The summed E-state index contributed by atoms with van der Waals surface area (Å²) in [5, 5.41) is 3.00. The van der Waals surface area contributed by atoms with E-state index in [-0.39, 0.29) is 18.4 Å². The van der Waals surface area contributed by atoms with E-state index in [9.17, 15) is 9.59 Å². The number of carbonyl (C=O) groups excluding carboxylic acids is 2. The van der Waals surface area contributed by atoms with Crippen LogP contribution in [0.25, 0.3) is 0 Å². The van der Waals surface area contributed by atoms with Crippen molar-refractivity contribution in [3.63, 3.8) is 0 Å². The Morgan fingerprint density at radius 2 is 1.64 bits per heavy atom. The SMILES string of the molecule is CCc1cccc(CC)c1NC(=O)CN(C(C)=O)c1cc(OC)ccc1OC. The largest absolute Gasteiger partial charge is 0.497 e. The van der Waals surface area contributed by atoms with Gasteiger partial charge in [0, 0.05) is 18.7 Å². The number of anilines is 2. The number of methoxy groups -OCH3 is 2. The smallest absolute Gasteiger partial charge is 0.244 e. The van der Waals surface area contributed by atoms with Crippen molar-refractivity contribution in [2.24, 2.45) is 0 Å². The molecule has 6 nitrogen and oxygen atoms in total. The number of aryl methyl sites for hydroxylation is 2. The highest BCUT2D eigenvalue weighted by Crippen LogP contribution is 2.32. The molecule has 0 heterocycles. The first-order valence-corrected chi connectivity index (χ1v) is 9.35. The van der Waals surface area contributed by atoms with Gasteiger partial charge in [-0.3, -0.25) is 14.5 Å². The van der Waals surface area contributed by atoms with Gasteiger partial charge in [0.05, 0.1) is 19.9 Å². The van der Waals surface area contributed by atoms with Gasteiger partial charge in [0.2, 0.25) is 11.8 Å². The summed E-state index contributed by atoms with van der Waals surface area (Å²) in [6.07, 6.45) is 1.62. The summed E-state index contributed by atoms with van der Waals surface area (Å²) < 4.78 is 10.6. The van der Waals surface area contributed by atoms with Crippen LogP contribution in [0, 0.1) is 0 Å². The first-order valence-electron chi connectivity index (χ1n) is 9.35. The molecule has 2 aromatic rings. The number of benzene rings is 2. The van der Waals surface area contributed by atoms with E-state index in [0.29, 0.717) is 17.2 Å². The fraction of sp³-hybridized carbons (Fsp3) is 0.364. The Morgan fingerprint density at radius 1 is 1.00 bits per heavy atom. The van der Waals surface area contributed by atoms with Gasteiger partial charge < -0.3 is 14.8 Å². The lowest BCUT2D eigenvalue weighted by atomic mass is 10.0. The molecule has 6 heteroatoms. The highest BCUT2D eigenvalue weighted by molar-refractivity contribution is 6.03. The molecular weight excluding hydrogens is 356 g/mol. The Morgan fingerprint density at radius 3 is 2.14 bits per heavy atom. The van der Waals surface area contributed by atoms with Crippen LogP contribution in [0.2, 0.25) is 0 Å². The predicted molar refractivity (Wildman–Crippen MR) is 111 cm³/mol. The zero-order valence-corrected chi connectivity index (χ0v) is 17.2. The van der Waals surface area contributed by atoms with Gasteiger partial charge in [-0.15, -0.1) is 0 Å². The summed E-state index contributed by atoms with van der Waals surface area (Å²) in [7, 11) is 3.07. The number of carbonyl (C=O) groups is 2. The molecule has 0 radical (unpaired) electrons. The standard InChI is InChI=1S/C22H28N2O4/c1-6-16-9-8-10-17(7-2)22(16)23-21(26)14-24(15(3)25)19-13-18(27-4)11-12-20(19)28-5/h8-13H,6-7,14H2,1-5H3,(H,23,26). The van der Waals surface area contributed by atoms with E-state index in [2.05, 4.69) is 5.32 Å². The highest BCUT2D eigenvalue weighted by Gasteiger charge is 2.21. The van der Waals surface area contributed by atoms with E-state index >= 15 is 0 Å². The molecule has 0 spiro atoms. The van der Waals surface area contributed by atoms with E-state index in [4.69, 9.17) is 9.47 Å². The molecule has 150 valence electrons. The van der Waals surface area contributed by atoms with Crippen molar-refractivity contribution in [3.8, 4) is 11.5 Å². The molecular formula is C22H28N2O4. The Bertz CT molecular complexity index is 826. The van der Waals surface area contributed by atoms with Crippen LogP contribution in [-0.4, -0.2) is 32.6 Å². The molecule has 0 saturated heterocycles. The molecule has 0 unspecified atom stereocenters. The van der Waals surface area contributed by atoms with Crippen molar-refractivity contribution in [1.29, 1.82) is 0 Å². The summed E-state index contributed by atoms with van der Waals surface area (Å²) in [5.74, 6) is 0.538. The Labute approximate surface area is 166 Å². The third kappa shape index (κ3) is 4.82. The molecule has 2 amide bonds. The molecule has 28 heavy (non-hydrogen) atoms. The van der Waals surface area contributed by atoms with Gasteiger partial charge in [0.25, 0.3) is 0 Å². The molecule has 0 atom stereocenters. The maximum atomic E-state index is 12.8. The summed E-state index contributed by atoms with van der Waals surface area (Å²) >= 11 is 0. The van der Waals surface area contributed by atoms with Crippen LogP contribution >= 0.6 is 0 Å². The quantitative estimate of drug-likeness (QED) is 0.751. The van der Waals surface area contributed by atoms with E-state index in [1.807, 2.05) is 32.0 Å². The van der Waals surface area contributed by atoms with Crippen LogP contribution < -0.4 is 19.7 Å². The molecule has 2 rings (SSSR count). The van der Waals surface area contributed by atoms with Gasteiger partial charge in [-0.1, -0.05) is 32.0 Å². The van der Waals surface area contributed by atoms with Gasteiger partial charge >= 0.3 is 0 Å². The summed E-state index contributed by atoms with van der Waals surface area (Å²) in [6, 6.07) is 11.1. The lowest BCUT2D eigenvalue weighted by Gasteiger charge is -2.24. The summed E-state index contributed by atoms with van der Waals surface area (Å²) in [6.45, 7) is 5.39. The third-order valence-electron chi connectivity index (χ3n) is 4.62. The molecule has 2 aromatic carbocycles. The Kier molecular flexibility index (Phi) is 7.44. The van der Waals surface area contributed by atoms with Gasteiger partial charge in [-0.2, -0.15) is 0 Å². The molecule has 0 aliphatic heterocycles. The van der Waals surface area contributed by atoms with Crippen LogP contribution in [0.5, 0.6) is 11.5 Å². The Hall–Kier alpha value is -3.02. The average molecular weight is 384 g/mol. The van der Waals surface area contributed by atoms with Crippen molar-refractivity contribution in [3.05, 3.63) is 47.5 Å². The van der Waals surface area contributed by atoms with E-state index in [1.165, 1.54) is 18.9 Å². The second-order valence-corrected chi connectivity index (χ2v) is 6.35. The van der Waals surface area contributed by atoms with Crippen molar-refractivity contribution in [2.45, 2.75) is 33.6 Å². The van der Waals surface area contributed by atoms with Gasteiger partial charge in [0.1, 0.15) is 18.0 Å². The fourth-order valence-electron chi connectivity index (χ4n) is 3.10. The number of ether oxygens (including phenoxy) is 2. The number of amides is 2. The minimum atomic E-state index is -0.268. The molecule has 0 aliphatic carbocycles. The number of nitrogens with zero attached hydrogens (tertiary/aromatic N) is 1. The number of para-hydroxylation sites is 1. The van der Waals surface area contributed by atoms with Crippen molar-refractivity contribution < 1.29 is 19.1 Å². The molecule has 0 aromatic heterocycles. The normalized spacial score (nSPS) is 10.3. The maximum Gasteiger partial charge on any atom is 0.244 e. The average Bonchev–Trinajstić information content (AvgIpc) is 2.71. The van der Waals surface area contributed by atoms with Crippen LogP contribution in [0.15, 0.2) is 36.4 Å². The zero-order chi connectivity index (χ0) is 20.7. The topological polar surface area (TPSA) is 67.9 Å². The molecule has 0 aliphatic rings. The maximum absolute atomic E-state index is 12.8. The number of nitrogens with one attached hydrogen (secondary N) is 1. The monoisotopic (exact) mass is 384 g/mol. The minimum Gasteiger partial charge on any atom is -0.497 e. The van der Waals surface area contributed by atoms with Gasteiger partial charge in [-0.05, 0) is 36.1 Å². The van der Waals surface area contributed by atoms with Crippen LogP contribution in [0.3, 0.4) is 0 Å². The second-order valence-electron chi connectivity index (χ2n) is 6.35. The highest BCUT2D eigenvalue weighted by atomic mass is 16.5. The van der Waals surface area contributed by atoms with Crippen LogP contribution in [-0.2, 0) is 22.4 Å². The molecule has 0 fully saturated rings. The van der Waals surface area contributed by atoms with Crippen LogP contribution in [0.1, 0.15) is 31.9 Å². The van der Waals surface area contributed by atoms with Crippen molar-refractivity contribution >= 4 is 23.2 Å². The second kappa shape index (κ2) is 9.78. The van der Waals surface area contributed by atoms with Crippen LogP contribution in [0.4, 0.5) is 11.4 Å². The molecule has 0 saturated carbocycles. The zero-order valence-electron chi connectivity index (χ0n) is 17.2. The fourth-order valence-corrected chi connectivity index (χ4v) is 3.10. The summed E-state index contributed by atoms with van der Waals surface area (Å²) in [5.41, 5.74) is 3.46. The molecule has 0 bridgehead atoms. The van der Waals surface area contributed by atoms with E-state index in [0.717, 1.165) is 29.7 Å².